The van der Waals surface area contributed by atoms with Crippen LogP contribution in [0.2, 0.25) is 0 Å². The van der Waals surface area contributed by atoms with Crippen LogP contribution in [0.5, 0.6) is 0 Å². The third kappa shape index (κ3) is 5.70. The number of allylic oxidation sites excluding steroid dienone is 1. The van der Waals surface area contributed by atoms with Crippen molar-refractivity contribution in [1.29, 1.82) is 0 Å². The number of sulfone groups is 1. The van der Waals surface area contributed by atoms with Crippen molar-refractivity contribution in [2.75, 3.05) is 6.26 Å². The largest absolute Gasteiger partial charge is 0.224 e. The number of hydrogen-bond acceptors (Lipinski definition) is 2. The summed E-state index contributed by atoms with van der Waals surface area (Å²) in [6.45, 7) is 2.23. The van der Waals surface area contributed by atoms with E-state index in [2.05, 4.69) is 55.5 Å². The van der Waals surface area contributed by atoms with Gasteiger partial charge in [-0.2, -0.15) is 0 Å². The molecule has 3 rings (SSSR count). The zero-order valence-corrected chi connectivity index (χ0v) is 18.7. The van der Waals surface area contributed by atoms with Gasteiger partial charge in [-0.15, -0.1) is 0 Å². The molecular formula is C27H30O2S. The van der Waals surface area contributed by atoms with Crippen LogP contribution in [0.1, 0.15) is 55.7 Å². The first-order chi connectivity index (χ1) is 14.5. The van der Waals surface area contributed by atoms with E-state index in [0.717, 1.165) is 24.0 Å². The molecule has 0 heterocycles. The minimum Gasteiger partial charge on any atom is -0.224 e. The smallest absolute Gasteiger partial charge is 0.175 e. The molecule has 0 amide bonds. The van der Waals surface area contributed by atoms with E-state index in [9.17, 15) is 8.42 Å². The lowest BCUT2D eigenvalue weighted by atomic mass is 9.87. The maximum atomic E-state index is 11.9. The third-order valence-electron chi connectivity index (χ3n) is 5.34. The Bertz CT molecular complexity index is 1060. The lowest BCUT2D eigenvalue weighted by molar-refractivity contribution is 0.602. The minimum atomic E-state index is -3.22. The van der Waals surface area contributed by atoms with Crippen molar-refractivity contribution in [3.8, 4) is 0 Å². The average Bonchev–Trinajstić information content (AvgIpc) is 2.77. The lowest BCUT2D eigenvalue weighted by Crippen LogP contribution is -1.99. The highest BCUT2D eigenvalue weighted by Gasteiger charge is 2.15. The van der Waals surface area contributed by atoms with E-state index in [4.69, 9.17) is 0 Å². The molecule has 0 N–H and O–H groups in total. The second-order valence-corrected chi connectivity index (χ2v) is 9.71. The first-order valence-electron chi connectivity index (χ1n) is 10.6. The molecule has 30 heavy (non-hydrogen) atoms. The third-order valence-corrected chi connectivity index (χ3v) is 6.47. The van der Waals surface area contributed by atoms with Gasteiger partial charge in [-0.3, -0.25) is 0 Å². The molecule has 0 saturated carbocycles. The molecule has 3 aromatic carbocycles. The van der Waals surface area contributed by atoms with Crippen LogP contribution in [0.3, 0.4) is 0 Å². The highest BCUT2D eigenvalue weighted by atomic mass is 32.2. The average molecular weight is 419 g/mol. The second kappa shape index (κ2) is 10.4. The van der Waals surface area contributed by atoms with Crippen LogP contribution in [0.15, 0.2) is 89.8 Å². The monoisotopic (exact) mass is 418 g/mol. The van der Waals surface area contributed by atoms with Gasteiger partial charge in [0.1, 0.15) is 0 Å². The molecule has 0 aliphatic carbocycles. The summed E-state index contributed by atoms with van der Waals surface area (Å²) < 4.78 is 23.9. The van der Waals surface area contributed by atoms with E-state index >= 15 is 0 Å². The van der Waals surface area contributed by atoms with E-state index in [1.165, 1.54) is 42.2 Å². The fraction of sp³-hybridized carbons (Fsp3) is 0.259. The molecule has 3 aromatic rings. The molecule has 0 radical (unpaired) electrons. The Morgan fingerprint density at radius 2 is 1.20 bits per heavy atom. The summed E-state index contributed by atoms with van der Waals surface area (Å²) in [6, 6.07) is 28.3. The standard InChI is InChI=1S/C27H30O2S/c1-3-4-5-12-17-26(22-13-8-6-9-14-22)27(23-15-10-7-11-16-23)24-18-20-25(21-19-24)30(2,28)29/h6-11,13-16,18-21H,3-5,12,17H2,1-2H3/b27-26-. The summed E-state index contributed by atoms with van der Waals surface area (Å²) in [5, 5.41) is 0. The Hall–Kier alpha value is -2.65. The predicted molar refractivity (Wildman–Crippen MR) is 127 cm³/mol. The number of hydrogen-bond donors (Lipinski definition) is 0. The Morgan fingerprint density at radius 1 is 0.667 bits per heavy atom. The van der Waals surface area contributed by atoms with Gasteiger partial charge in [0.05, 0.1) is 4.90 Å². The van der Waals surface area contributed by atoms with Gasteiger partial charge in [0.15, 0.2) is 9.84 Å². The van der Waals surface area contributed by atoms with E-state index in [1.807, 2.05) is 24.3 Å². The zero-order chi connectivity index (χ0) is 21.4. The highest BCUT2D eigenvalue weighted by Crippen LogP contribution is 2.36. The zero-order valence-electron chi connectivity index (χ0n) is 17.8. The molecule has 0 unspecified atom stereocenters. The quantitative estimate of drug-likeness (QED) is 0.276. The van der Waals surface area contributed by atoms with Crippen molar-refractivity contribution in [1.82, 2.24) is 0 Å². The summed E-state index contributed by atoms with van der Waals surface area (Å²) in [7, 11) is -3.22. The normalized spacial score (nSPS) is 12.5. The Balaban J connectivity index is 2.17. The summed E-state index contributed by atoms with van der Waals surface area (Å²) >= 11 is 0. The molecule has 0 spiro atoms. The molecule has 2 nitrogen and oxygen atoms in total. The maximum absolute atomic E-state index is 11.9. The predicted octanol–water partition coefficient (Wildman–Crippen LogP) is 7.02. The van der Waals surface area contributed by atoms with E-state index in [-0.39, 0.29) is 0 Å². The van der Waals surface area contributed by atoms with Crippen molar-refractivity contribution < 1.29 is 8.42 Å². The molecule has 0 aromatic heterocycles. The lowest BCUT2D eigenvalue weighted by Gasteiger charge is -2.18. The molecule has 0 aliphatic rings. The van der Waals surface area contributed by atoms with Gasteiger partial charge < -0.3 is 0 Å². The van der Waals surface area contributed by atoms with Gasteiger partial charge in [0, 0.05) is 6.26 Å². The molecule has 3 heteroatoms. The fourth-order valence-corrected chi connectivity index (χ4v) is 4.40. The SMILES string of the molecule is CCCCCC/C(=C(\c1ccccc1)c1ccc(S(C)(=O)=O)cc1)c1ccccc1. The van der Waals surface area contributed by atoms with Crippen LogP contribution in [-0.2, 0) is 9.84 Å². The number of rotatable bonds is 9. The first kappa shape index (κ1) is 22.0. The summed E-state index contributed by atoms with van der Waals surface area (Å²) in [5.41, 5.74) is 5.91. The van der Waals surface area contributed by atoms with Gasteiger partial charge >= 0.3 is 0 Å². The minimum absolute atomic E-state index is 0.350. The Kier molecular flexibility index (Phi) is 7.64. The van der Waals surface area contributed by atoms with Crippen molar-refractivity contribution >= 4 is 21.0 Å². The van der Waals surface area contributed by atoms with E-state index in [1.54, 1.807) is 12.1 Å². The summed E-state index contributed by atoms with van der Waals surface area (Å²) in [4.78, 5) is 0.350. The van der Waals surface area contributed by atoms with Gasteiger partial charge in [-0.05, 0) is 52.8 Å². The van der Waals surface area contributed by atoms with Crippen LogP contribution >= 0.6 is 0 Å². The van der Waals surface area contributed by atoms with Crippen LogP contribution in [0, 0.1) is 0 Å². The van der Waals surface area contributed by atoms with Gasteiger partial charge in [0.25, 0.3) is 0 Å². The topological polar surface area (TPSA) is 34.1 Å². The van der Waals surface area contributed by atoms with Crippen molar-refractivity contribution in [2.24, 2.45) is 0 Å². The summed E-state index contributed by atoms with van der Waals surface area (Å²) in [5.74, 6) is 0. The van der Waals surface area contributed by atoms with Gasteiger partial charge in [-0.25, -0.2) is 8.42 Å². The van der Waals surface area contributed by atoms with Crippen LogP contribution in [-0.4, -0.2) is 14.7 Å². The van der Waals surface area contributed by atoms with E-state index < -0.39 is 9.84 Å². The molecular weight excluding hydrogens is 388 g/mol. The molecule has 0 fully saturated rings. The van der Waals surface area contributed by atoms with Crippen LogP contribution in [0.25, 0.3) is 11.1 Å². The van der Waals surface area contributed by atoms with Crippen LogP contribution in [0.4, 0.5) is 0 Å². The molecule has 0 aliphatic heterocycles. The fourth-order valence-electron chi connectivity index (χ4n) is 3.77. The molecule has 0 bridgehead atoms. The van der Waals surface area contributed by atoms with Crippen LogP contribution < -0.4 is 0 Å². The number of benzene rings is 3. The van der Waals surface area contributed by atoms with Crippen molar-refractivity contribution in [3.63, 3.8) is 0 Å². The van der Waals surface area contributed by atoms with E-state index in [0.29, 0.717) is 4.90 Å². The maximum Gasteiger partial charge on any atom is 0.175 e. The Morgan fingerprint density at radius 3 is 1.73 bits per heavy atom. The second-order valence-electron chi connectivity index (χ2n) is 7.69. The highest BCUT2D eigenvalue weighted by molar-refractivity contribution is 7.90. The van der Waals surface area contributed by atoms with Crippen molar-refractivity contribution in [2.45, 2.75) is 43.9 Å². The first-order valence-corrected chi connectivity index (χ1v) is 12.5. The van der Waals surface area contributed by atoms with Crippen molar-refractivity contribution in [3.05, 3.63) is 102 Å². The molecule has 0 atom stereocenters. The Labute approximate surface area is 181 Å². The number of unbranched alkanes of at least 4 members (excludes halogenated alkanes) is 3. The molecule has 156 valence electrons. The van der Waals surface area contributed by atoms with Gasteiger partial charge in [-0.1, -0.05) is 99.0 Å². The van der Waals surface area contributed by atoms with Gasteiger partial charge in [0.2, 0.25) is 0 Å². The summed E-state index contributed by atoms with van der Waals surface area (Å²) in [6.07, 6.45) is 7.04. The molecule has 0 saturated heterocycles.